The molecule has 4 aromatic rings. The number of halogens is 4. The maximum Gasteiger partial charge on any atom is 0.453 e. The number of hydrogen-bond donors (Lipinski definition) is 0. The van der Waals surface area contributed by atoms with E-state index in [1.165, 1.54) is 12.1 Å². The molecular weight excluding hydrogens is 543 g/mol. The number of hydrogen-bond acceptors (Lipinski definition) is 6. The number of ether oxygens (including phenoxy) is 3. The van der Waals surface area contributed by atoms with Crippen LogP contribution in [0.15, 0.2) is 74.3 Å². The number of methoxy groups -OCH3 is 1. The highest BCUT2D eigenvalue weighted by atomic mass is 79.9. The second-order valence-corrected chi connectivity index (χ2v) is 9.00. The number of alkyl halides is 3. The van der Waals surface area contributed by atoms with E-state index in [2.05, 4.69) is 15.9 Å². The van der Waals surface area contributed by atoms with E-state index >= 15 is 0 Å². The van der Waals surface area contributed by atoms with Crippen LogP contribution < -0.4 is 19.6 Å². The van der Waals surface area contributed by atoms with Crippen LogP contribution in [0.4, 0.5) is 13.2 Å². The van der Waals surface area contributed by atoms with Crippen molar-refractivity contribution in [3.63, 3.8) is 0 Å². The van der Waals surface area contributed by atoms with Gasteiger partial charge in [-0.25, -0.2) is 0 Å². The molecule has 0 fully saturated rings. The molecule has 0 saturated heterocycles. The Balaban J connectivity index is 1.56. The van der Waals surface area contributed by atoms with Crippen molar-refractivity contribution in [1.82, 2.24) is 4.90 Å². The van der Waals surface area contributed by atoms with E-state index in [9.17, 15) is 18.0 Å². The minimum atomic E-state index is -4.97. The molecule has 1 aromatic heterocycles. The molecule has 1 aliphatic heterocycles. The minimum absolute atomic E-state index is 0.0290. The van der Waals surface area contributed by atoms with E-state index in [0.29, 0.717) is 28.1 Å². The van der Waals surface area contributed by atoms with Crippen molar-refractivity contribution in [3.8, 4) is 23.0 Å². The van der Waals surface area contributed by atoms with Crippen molar-refractivity contribution in [2.45, 2.75) is 19.3 Å². The van der Waals surface area contributed by atoms with Gasteiger partial charge in [0.2, 0.25) is 11.2 Å². The zero-order chi connectivity index (χ0) is 25.4. The first kappa shape index (κ1) is 24.2. The SMILES string of the molecule is COc1ccc(CN2COc3ccc4c(=O)c(Oc5ccccc5Br)c(C(F)(F)F)oc4c3C2)cc1. The van der Waals surface area contributed by atoms with Gasteiger partial charge in [-0.3, -0.25) is 9.69 Å². The molecule has 5 rings (SSSR count). The van der Waals surface area contributed by atoms with Crippen molar-refractivity contribution in [3.05, 3.63) is 92.2 Å². The lowest BCUT2D eigenvalue weighted by Gasteiger charge is -2.29. The van der Waals surface area contributed by atoms with Crippen molar-refractivity contribution < 1.29 is 31.8 Å². The molecule has 0 radical (unpaired) electrons. The Hall–Kier alpha value is -3.50. The molecule has 10 heteroatoms. The fourth-order valence-electron chi connectivity index (χ4n) is 4.00. The van der Waals surface area contributed by atoms with Crippen LogP contribution in [-0.2, 0) is 19.3 Å². The van der Waals surface area contributed by atoms with Gasteiger partial charge in [0.05, 0.1) is 22.5 Å². The summed E-state index contributed by atoms with van der Waals surface area (Å²) in [6.45, 7) is 0.924. The number of para-hydroxylation sites is 1. The van der Waals surface area contributed by atoms with Crippen LogP contribution in [0.5, 0.6) is 23.0 Å². The molecule has 186 valence electrons. The van der Waals surface area contributed by atoms with E-state index in [4.69, 9.17) is 18.6 Å². The molecule has 0 unspecified atom stereocenters. The number of rotatable bonds is 5. The summed E-state index contributed by atoms with van der Waals surface area (Å²) in [5.41, 5.74) is 0.227. The van der Waals surface area contributed by atoms with Gasteiger partial charge in [-0.05, 0) is 57.9 Å². The average Bonchev–Trinajstić information content (AvgIpc) is 2.86. The van der Waals surface area contributed by atoms with Gasteiger partial charge in [0.15, 0.2) is 0 Å². The molecule has 3 aromatic carbocycles. The predicted molar refractivity (Wildman–Crippen MR) is 129 cm³/mol. The highest BCUT2D eigenvalue weighted by molar-refractivity contribution is 9.10. The van der Waals surface area contributed by atoms with Gasteiger partial charge in [-0.15, -0.1) is 0 Å². The standard InChI is InChI=1S/C26H19BrF3NO5/c1-33-16-8-6-15(7-9-16)12-31-13-18-20(34-14-31)11-10-17-22(32)24(25(26(28,29)30)36-23(17)18)35-21-5-3-2-4-19(21)27/h2-11H,12-14H2,1H3. The molecule has 36 heavy (non-hydrogen) atoms. The number of fused-ring (bicyclic) bond motifs is 3. The van der Waals surface area contributed by atoms with Crippen molar-refractivity contribution in [2.24, 2.45) is 0 Å². The van der Waals surface area contributed by atoms with Crippen molar-refractivity contribution >= 4 is 26.9 Å². The van der Waals surface area contributed by atoms with Gasteiger partial charge < -0.3 is 18.6 Å². The summed E-state index contributed by atoms with van der Waals surface area (Å²) in [4.78, 5) is 15.2. The predicted octanol–water partition coefficient (Wildman–Crippen LogP) is 6.73. The summed E-state index contributed by atoms with van der Waals surface area (Å²) in [7, 11) is 1.58. The van der Waals surface area contributed by atoms with Crippen LogP contribution >= 0.6 is 15.9 Å². The Morgan fingerprint density at radius 2 is 1.81 bits per heavy atom. The topological polar surface area (TPSA) is 61.1 Å². The highest BCUT2D eigenvalue weighted by Crippen LogP contribution is 2.41. The molecule has 2 heterocycles. The molecule has 1 aliphatic rings. The zero-order valence-corrected chi connectivity index (χ0v) is 20.5. The van der Waals surface area contributed by atoms with Gasteiger partial charge in [-0.1, -0.05) is 24.3 Å². The van der Waals surface area contributed by atoms with Crippen molar-refractivity contribution in [2.75, 3.05) is 13.8 Å². The summed E-state index contributed by atoms with van der Waals surface area (Å²) in [5.74, 6) is -1.29. The van der Waals surface area contributed by atoms with Crippen LogP contribution in [0, 0.1) is 0 Å². The number of benzene rings is 3. The highest BCUT2D eigenvalue weighted by Gasteiger charge is 2.41. The van der Waals surface area contributed by atoms with E-state index in [1.807, 2.05) is 29.2 Å². The van der Waals surface area contributed by atoms with Crippen LogP contribution in [0.25, 0.3) is 11.0 Å². The second kappa shape index (κ2) is 9.51. The van der Waals surface area contributed by atoms with Crippen LogP contribution in [-0.4, -0.2) is 18.7 Å². The first-order valence-corrected chi connectivity index (χ1v) is 11.6. The van der Waals surface area contributed by atoms with E-state index < -0.39 is 23.1 Å². The molecule has 0 N–H and O–H groups in total. The summed E-state index contributed by atoms with van der Waals surface area (Å²) >= 11 is 3.23. The molecule has 0 atom stereocenters. The van der Waals surface area contributed by atoms with Crippen molar-refractivity contribution in [1.29, 1.82) is 0 Å². The maximum atomic E-state index is 14.0. The maximum absolute atomic E-state index is 14.0. The lowest BCUT2D eigenvalue weighted by Crippen LogP contribution is -2.32. The Morgan fingerprint density at radius 1 is 1.06 bits per heavy atom. The normalized spacial score (nSPS) is 13.8. The smallest absolute Gasteiger partial charge is 0.453 e. The Labute approximate surface area is 211 Å². The third kappa shape index (κ3) is 4.66. The molecule has 0 aliphatic carbocycles. The lowest BCUT2D eigenvalue weighted by molar-refractivity contribution is -0.154. The molecule has 0 spiro atoms. The molecule has 0 amide bonds. The van der Waals surface area contributed by atoms with E-state index in [-0.39, 0.29) is 30.0 Å². The van der Waals surface area contributed by atoms with Crippen LogP contribution in [0.3, 0.4) is 0 Å². The van der Waals surface area contributed by atoms with E-state index in [0.717, 1.165) is 5.56 Å². The first-order chi connectivity index (χ1) is 17.2. The van der Waals surface area contributed by atoms with E-state index in [1.54, 1.807) is 31.4 Å². The van der Waals surface area contributed by atoms with Crippen LogP contribution in [0.1, 0.15) is 16.9 Å². The molecule has 0 bridgehead atoms. The fraction of sp³-hybridized carbons (Fsp3) is 0.192. The summed E-state index contributed by atoms with van der Waals surface area (Å²) < 4.78 is 64.3. The quantitative estimate of drug-likeness (QED) is 0.269. The van der Waals surface area contributed by atoms with Gasteiger partial charge in [0.1, 0.15) is 29.6 Å². The average molecular weight is 562 g/mol. The largest absolute Gasteiger partial charge is 0.497 e. The Bertz CT molecular complexity index is 1480. The molecule has 0 saturated carbocycles. The van der Waals surface area contributed by atoms with Gasteiger partial charge in [-0.2, -0.15) is 13.2 Å². The summed E-state index contributed by atoms with van der Waals surface area (Å²) in [6.07, 6.45) is -4.97. The van der Waals surface area contributed by atoms with Gasteiger partial charge in [0, 0.05) is 13.1 Å². The zero-order valence-electron chi connectivity index (χ0n) is 18.9. The lowest BCUT2D eigenvalue weighted by atomic mass is 10.1. The fourth-order valence-corrected chi connectivity index (χ4v) is 4.37. The Kier molecular flexibility index (Phi) is 6.40. The third-order valence-corrected chi connectivity index (χ3v) is 6.39. The Morgan fingerprint density at radius 3 is 2.50 bits per heavy atom. The number of nitrogens with zero attached hydrogens (tertiary/aromatic N) is 1. The first-order valence-electron chi connectivity index (χ1n) is 10.8. The van der Waals surface area contributed by atoms with Gasteiger partial charge in [0.25, 0.3) is 5.76 Å². The minimum Gasteiger partial charge on any atom is -0.497 e. The summed E-state index contributed by atoms with van der Waals surface area (Å²) in [6, 6.07) is 16.7. The monoisotopic (exact) mass is 561 g/mol. The third-order valence-electron chi connectivity index (χ3n) is 5.73. The molecule has 6 nitrogen and oxygen atoms in total. The molecular formula is C26H19BrF3NO5. The van der Waals surface area contributed by atoms with Crippen LogP contribution in [0.2, 0.25) is 0 Å². The van der Waals surface area contributed by atoms with Gasteiger partial charge >= 0.3 is 6.18 Å². The summed E-state index contributed by atoms with van der Waals surface area (Å²) in [5, 5.41) is -0.0290. The second-order valence-electron chi connectivity index (χ2n) is 8.15.